The zero-order chi connectivity index (χ0) is 13.4. The second kappa shape index (κ2) is 8.84. The molecule has 1 rings (SSSR count). The fourth-order valence-electron chi connectivity index (χ4n) is 2.02. The van der Waals surface area contributed by atoms with E-state index in [1.807, 2.05) is 12.1 Å². The maximum absolute atomic E-state index is 5.91. The molecule has 0 amide bonds. The molecule has 102 valence electrons. The number of rotatable bonds is 8. The first-order valence-electron chi connectivity index (χ1n) is 6.71. The van der Waals surface area contributed by atoms with Crippen LogP contribution in [0.4, 0.5) is 0 Å². The Morgan fingerprint density at radius 2 is 1.72 bits per heavy atom. The number of nitrogens with zero attached hydrogens (tertiary/aromatic N) is 1. The molecule has 0 spiro atoms. The largest absolute Gasteiger partial charge is 0.300 e. The van der Waals surface area contributed by atoms with E-state index >= 15 is 0 Å². The van der Waals surface area contributed by atoms with Gasteiger partial charge in [-0.05, 0) is 56.8 Å². The van der Waals surface area contributed by atoms with Crippen molar-refractivity contribution in [2.45, 2.75) is 38.6 Å². The lowest BCUT2D eigenvalue weighted by atomic mass is 10.1. The van der Waals surface area contributed by atoms with Crippen LogP contribution in [0, 0.1) is 0 Å². The minimum absolute atomic E-state index is 0.451. The highest BCUT2D eigenvalue weighted by Crippen LogP contribution is 2.21. The van der Waals surface area contributed by atoms with Crippen LogP contribution in [0.3, 0.4) is 0 Å². The first-order chi connectivity index (χ1) is 8.65. The minimum atomic E-state index is 0.451. The van der Waals surface area contributed by atoms with E-state index in [4.69, 9.17) is 11.6 Å². The summed E-state index contributed by atoms with van der Waals surface area (Å²) >= 11 is 10.1. The van der Waals surface area contributed by atoms with E-state index in [9.17, 15) is 0 Å². The SMILES string of the molecule is CC(c1ccc(Cl)cc1)N(C)CCCCCCS. The fraction of sp³-hybridized carbons (Fsp3) is 0.600. The van der Waals surface area contributed by atoms with E-state index in [1.165, 1.54) is 31.2 Å². The topological polar surface area (TPSA) is 3.24 Å². The Morgan fingerprint density at radius 3 is 2.33 bits per heavy atom. The molecule has 1 nitrogen and oxygen atoms in total. The van der Waals surface area contributed by atoms with Gasteiger partial charge in [-0.25, -0.2) is 0 Å². The van der Waals surface area contributed by atoms with Gasteiger partial charge in [0, 0.05) is 11.1 Å². The molecule has 3 heteroatoms. The van der Waals surface area contributed by atoms with Crippen molar-refractivity contribution in [2.75, 3.05) is 19.3 Å². The highest BCUT2D eigenvalue weighted by atomic mass is 35.5. The van der Waals surface area contributed by atoms with E-state index in [0.29, 0.717) is 6.04 Å². The molecule has 0 aromatic heterocycles. The van der Waals surface area contributed by atoms with Gasteiger partial charge in [-0.1, -0.05) is 36.6 Å². The molecule has 0 radical (unpaired) electrons. The quantitative estimate of drug-likeness (QED) is 0.529. The van der Waals surface area contributed by atoms with Crippen LogP contribution in [-0.4, -0.2) is 24.2 Å². The van der Waals surface area contributed by atoms with E-state index in [2.05, 4.69) is 43.6 Å². The number of unbranched alkanes of at least 4 members (excludes halogenated alkanes) is 3. The normalized spacial score (nSPS) is 12.9. The summed E-state index contributed by atoms with van der Waals surface area (Å²) < 4.78 is 0. The van der Waals surface area contributed by atoms with Crippen LogP contribution >= 0.6 is 24.2 Å². The summed E-state index contributed by atoms with van der Waals surface area (Å²) in [5.41, 5.74) is 1.33. The second-order valence-electron chi connectivity index (χ2n) is 4.85. The van der Waals surface area contributed by atoms with Gasteiger partial charge < -0.3 is 0 Å². The Kier molecular flexibility index (Phi) is 7.80. The highest BCUT2D eigenvalue weighted by Gasteiger charge is 2.10. The number of halogens is 1. The van der Waals surface area contributed by atoms with Crippen molar-refractivity contribution in [1.82, 2.24) is 4.90 Å². The summed E-state index contributed by atoms with van der Waals surface area (Å²) in [6.07, 6.45) is 5.10. The van der Waals surface area contributed by atoms with E-state index < -0.39 is 0 Å². The standard InChI is InChI=1S/C15H24ClNS/c1-13(14-7-9-15(16)10-8-14)17(2)11-5-3-4-6-12-18/h7-10,13,18H,3-6,11-12H2,1-2H3. The first kappa shape index (κ1) is 15.9. The maximum Gasteiger partial charge on any atom is 0.0406 e. The van der Waals surface area contributed by atoms with Crippen molar-refractivity contribution >= 4 is 24.2 Å². The van der Waals surface area contributed by atoms with Crippen molar-refractivity contribution in [3.05, 3.63) is 34.9 Å². The molecule has 0 N–H and O–H groups in total. The monoisotopic (exact) mass is 285 g/mol. The summed E-state index contributed by atoms with van der Waals surface area (Å²) in [5.74, 6) is 1.01. The van der Waals surface area contributed by atoms with Crippen molar-refractivity contribution in [3.63, 3.8) is 0 Å². The third kappa shape index (κ3) is 5.64. The summed E-state index contributed by atoms with van der Waals surface area (Å²) in [5, 5.41) is 0.806. The lowest BCUT2D eigenvalue weighted by molar-refractivity contribution is 0.255. The molecule has 0 saturated carbocycles. The van der Waals surface area contributed by atoms with Crippen molar-refractivity contribution in [1.29, 1.82) is 0 Å². The Hall–Kier alpha value is -0.180. The van der Waals surface area contributed by atoms with Gasteiger partial charge in [0.05, 0.1) is 0 Å². The van der Waals surface area contributed by atoms with Crippen LogP contribution in [0.5, 0.6) is 0 Å². The van der Waals surface area contributed by atoms with Gasteiger partial charge in [0.1, 0.15) is 0 Å². The zero-order valence-electron chi connectivity index (χ0n) is 11.4. The van der Waals surface area contributed by atoms with Crippen LogP contribution in [-0.2, 0) is 0 Å². The smallest absolute Gasteiger partial charge is 0.0406 e. The molecule has 0 aliphatic heterocycles. The predicted molar refractivity (Wildman–Crippen MR) is 84.8 cm³/mol. The molecular formula is C15H24ClNS. The van der Waals surface area contributed by atoms with E-state index in [0.717, 1.165) is 17.3 Å². The Labute approximate surface area is 122 Å². The fourth-order valence-corrected chi connectivity index (χ4v) is 2.37. The van der Waals surface area contributed by atoms with Crippen molar-refractivity contribution in [2.24, 2.45) is 0 Å². The summed E-state index contributed by atoms with van der Waals surface area (Å²) in [6, 6.07) is 8.61. The molecular weight excluding hydrogens is 262 g/mol. The van der Waals surface area contributed by atoms with Gasteiger partial charge in [0.25, 0.3) is 0 Å². The maximum atomic E-state index is 5.91. The summed E-state index contributed by atoms with van der Waals surface area (Å²) in [6.45, 7) is 3.40. The Bertz CT molecular complexity index is 326. The van der Waals surface area contributed by atoms with E-state index in [-0.39, 0.29) is 0 Å². The highest BCUT2D eigenvalue weighted by molar-refractivity contribution is 7.80. The zero-order valence-corrected chi connectivity index (χ0v) is 13.1. The molecule has 1 unspecified atom stereocenters. The van der Waals surface area contributed by atoms with Crippen LogP contribution in [0.25, 0.3) is 0 Å². The molecule has 0 bridgehead atoms. The van der Waals surface area contributed by atoms with Gasteiger partial charge >= 0.3 is 0 Å². The van der Waals surface area contributed by atoms with Crippen LogP contribution in [0.1, 0.15) is 44.2 Å². The molecule has 1 atom stereocenters. The minimum Gasteiger partial charge on any atom is -0.300 e. The van der Waals surface area contributed by atoms with Crippen molar-refractivity contribution in [3.8, 4) is 0 Å². The third-order valence-electron chi connectivity index (χ3n) is 3.43. The molecule has 0 aliphatic carbocycles. The average molecular weight is 286 g/mol. The first-order valence-corrected chi connectivity index (χ1v) is 7.72. The molecule has 0 aliphatic rings. The van der Waals surface area contributed by atoms with Crippen LogP contribution < -0.4 is 0 Å². The Morgan fingerprint density at radius 1 is 1.11 bits per heavy atom. The van der Waals surface area contributed by atoms with E-state index in [1.54, 1.807) is 0 Å². The molecule has 0 saturated heterocycles. The summed E-state index contributed by atoms with van der Waals surface area (Å²) in [4.78, 5) is 2.41. The molecule has 0 heterocycles. The van der Waals surface area contributed by atoms with Crippen molar-refractivity contribution < 1.29 is 0 Å². The molecule has 18 heavy (non-hydrogen) atoms. The molecule has 0 fully saturated rings. The van der Waals surface area contributed by atoms with Crippen LogP contribution in [0.15, 0.2) is 24.3 Å². The molecule has 1 aromatic carbocycles. The van der Waals surface area contributed by atoms with Gasteiger partial charge in [-0.2, -0.15) is 12.6 Å². The second-order valence-corrected chi connectivity index (χ2v) is 5.73. The summed E-state index contributed by atoms with van der Waals surface area (Å²) in [7, 11) is 2.19. The van der Waals surface area contributed by atoms with Crippen LogP contribution in [0.2, 0.25) is 5.02 Å². The number of thiol groups is 1. The number of hydrogen-bond acceptors (Lipinski definition) is 2. The lowest BCUT2D eigenvalue weighted by Crippen LogP contribution is -2.23. The third-order valence-corrected chi connectivity index (χ3v) is 4.00. The van der Waals surface area contributed by atoms with Gasteiger partial charge in [0.15, 0.2) is 0 Å². The average Bonchev–Trinajstić information content (AvgIpc) is 2.38. The molecule has 1 aromatic rings. The predicted octanol–water partition coefficient (Wildman–Crippen LogP) is 4.82. The lowest BCUT2D eigenvalue weighted by Gasteiger charge is -2.25. The number of hydrogen-bond donors (Lipinski definition) is 1. The van der Waals surface area contributed by atoms with Gasteiger partial charge in [0.2, 0.25) is 0 Å². The number of benzene rings is 1. The Balaban J connectivity index is 2.32. The van der Waals surface area contributed by atoms with Gasteiger partial charge in [-0.3, -0.25) is 4.90 Å². The van der Waals surface area contributed by atoms with Gasteiger partial charge in [-0.15, -0.1) is 0 Å².